The van der Waals surface area contributed by atoms with Crippen LogP contribution in [0.4, 0.5) is 17.6 Å². The van der Waals surface area contributed by atoms with Gasteiger partial charge < -0.3 is 5.73 Å². The van der Waals surface area contributed by atoms with Gasteiger partial charge in [0.05, 0.1) is 5.56 Å². The highest BCUT2D eigenvalue weighted by molar-refractivity contribution is 5.85. The van der Waals surface area contributed by atoms with Crippen LogP contribution < -0.4 is 5.73 Å². The van der Waals surface area contributed by atoms with Crippen LogP contribution in [0.5, 0.6) is 0 Å². The molecule has 17 heavy (non-hydrogen) atoms. The van der Waals surface area contributed by atoms with Crippen molar-refractivity contribution in [1.29, 1.82) is 0 Å². The molecule has 0 spiro atoms. The zero-order valence-electron chi connectivity index (χ0n) is 8.80. The normalized spacial score (nSPS) is 17.5. The zero-order chi connectivity index (χ0) is 11.9. The summed E-state index contributed by atoms with van der Waals surface area (Å²) in [6.45, 7) is 0. The topological polar surface area (TPSA) is 26.0 Å². The van der Waals surface area contributed by atoms with Crippen molar-refractivity contribution in [2.45, 2.75) is 25.1 Å². The predicted molar refractivity (Wildman–Crippen MR) is 58.3 cm³/mol. The van der Waals surface area contributed by atoms with Gasteiger partial charge in [-0.05, 0) is 42.5 Å². The third-order valence-electron chi connectivity index (χ3n) is 2.81. The number of nitrogens with two attached hydrogens (primary N) is 1. The molecule has 0 unspecified atom stereocenters. The van der Waals surface area contributed by atoms with Crippen LogP contribution in [-0.2, 0) is 6.18 Å². The average Bonchev–Trinajstić information content (AvgIpc) is 2.97. The van der Waals surface area contributed by atoms with Gasteiger partial charge in [-0.2, -0.15) is 13.2 Å². The number of rotatable bonds is 2. The van der Waals surface area contributed by atoms with Crippen LogP contribution >= 0.6 is 12.4 Å². The van der Waals surface area contributed by atoms with E-state index in [1.54, 1.807) is 0 Å². The number of hydrogen-bond donors (Lipinski definition) is 1. The van der Waals surface area contributed by atoms with Gasteiger partial charge in [-0.3, -0.25) is 0 Å². The van der Waals surface area contributed by atoms with Crippen molar-refractivity contribution in [3.8, 4) is 0 Å². The van der Waals surface area contributed by atoms with E-state index in [0.717, 1.165) is 31.0 Å². The largest absolute Gasteiger partial charge is 0.416 e. The second-order valence-electron chi connectivity index (χ2n) is 4.09. The highest BCUT2D eigenvalue weighted by atomic mass is 35.5. The molecule has 0 amide bonds. The molecule has 2 N–H and O–H groups in total. The third kappa shape index (κ3) is 3.10. The zero-order valence-corrected chi connectivity index (χ0v) is 9.61. The van der Waals surface area contributed by atoms with E-state index in [1.165, 1.54) is 0 Å². The molecule has 0 radical (unpaired) electrons. The molecule has 1 atom stereocenters. The molecular weight excluding hydrogens is 258 g/mol. The van der Waals surface area contributed by atoms with Gasteiger partial charge in [0, 0.05) is 6.04 Å². The average molecular weight is 270 g/mol. The Balaban J connectivity index is 0.00000144. The smallest absolute Gasteiger partial charge is 0.324 e. The highest BCUT2D eigenvalue weighted by Gasteiger charge is 2.38. The van der Waals surface area contributed by atoms with Crippen LogP contribution in [-0.4, -0.2) is 0 Å². The SMILES string of the molecule is Cl.N[C@H](c1cc(F)ccc1C(F)(F)F)C1CC1. The lowest BCUT2D eigenvalue weighted by molar-refractivity contribution is -0.138. The monoisotopic (exact) mass is 269 g/mol. The summed E-state index contributed by atoms with van der Waals surface area (Å²) in [5.41, 5.74) is 4.74. The van der Waals surface area contributed by atoms with Crippen LogP contribution in [0.3, 0.4) is 0 Å². The third-order valence-corrected chi connectivity index (χ3v) is 2.81. The minimum absolute atomic E-state index is 0. The van der Waals surface area contributed by atoms with Gasteiger partial charge in [0.15, 0.2) is 0 Å². The van der Waals surface area contributed by atoms with E-state index < -0.39 is 23.6 Å². The quantitative estimate of drug-likeness (QED) is 0.815. The fourth-order valence-electron chi connectivity index (χ4n) is 1.78. The Morgan fingerprint density at radius 1 is 1.24 bits per heavy atom. The maximum atomic E-state index is 13.0. The van der Waals surface area contributed by atoms with E-state index in [2.05, 4.69) is 0 Å². The number of halogens is 5. The van der Waals surface area contributed by atoms with E-state index in [1.807, 2.05) is 0 Å². The summed E-state index contributed by atoms with van der Waals surface area (Å²) in [6, 6.07) is 1.75. The van der Waals surface area contributed by atoms with E-state index in [-0.39, 0.29) is 23.9 Å². The molecule has 1 aromatic rings. The fraction of sp³-hybridized carbons (Fsp3) is 0.455. The number of benzene rings is 1. The Bertz CT molecular complexity index is 401. The second-order valence-corrected chi connectivity index (χ2v) is 4.09. The maximum absolute atomic E-state index is 13.0. The van der Waals surface area contributed by atoms with Crippen molar-refractivity contribution in [2.24, 2.45) is 11.7 Å². The molecule has 0 aromatic heterocycles. The molecular formula is C11H12ClF4N. The molecule has 1 nitrogen and oxygen atoms in total. The van der Waals surface area contributed by atoms with Crippen LogP contribution in [0, 0.1) is 11.7 Å². The summed E-state index contributed by atoms with van der Waals surface area (Å²) in [5.74, 6) is -0.623. The first-order valence-corrected chi connectivity index (χ1v) is 5.02. The lowest BCUT2D eigenvalue weighted by Gasteiger charge is -2.17. The van der Waals surface area contributed by atoms with Crippen LogP contribution in [0.25, 0.3) is 0 Å². The Morgan fingerprint density at radius 3 is 2.29 bits per heavy atom. The summed E-state index contributed by atoms with van der Waals surface area (Å²) < 4.78 is 50.9. The van der Waals surface area contributed by atoms with Gasteiger partial charge in [0.2, 0.25) is 0 Å². The first-order valence-electron chi connectivity index (χ1n) is 5.02. The van der Waals surface area contributed by atoms with E-state index in [0.29, 0.717) is 0 Å². The van der Waals surface area contributed by atoms with Crippen molar-refractivity contribution < 1.29 is 17.6 Å². The first-order chi connectivity index (χ1) is 7.39. The van der Waals surface area contributed by atoms with Gasteiger partial charge >= 0.3 is 6.18 Å². The standard InChI is InChI=1S/C11H11F4N.ClH/c12-7-3-4-9(11(13,14)15)8(5-7)10(16)6-1-2-6;/h3-6,10H,1-2,16H2;1H/t10-;/m0./s1. The summed E-state index contributed by atoms with van der Waals surface area (Å²) in [5, 5.41) is 0. The molecule has 0 heterocycles. The molecule has 1 aliphatic carbocycles. The van der Waals surface area contributed by atoms with Crippen molar-refractivity contribution in [2.75, 3.05) is 0 Å². The Labute approximate surface area is 102 Å². The Morgan fingerprint density at radius 2 is 1.82 bits per heavy atom. The molecule has 0 saturated heterocycles. The molecule has 0 bridgehead atoms. The van der Waals surface area contributed by atoms with Gasteiger partial charge in [0.1, 0.15) is 5.82 Å². The molecule has 1 saturated carbocycles. The van der Waals surface area contributed by atoms with Crippen molar-refractivity contribution in [3.05, 3.63) is 35.1 Å². The van der Waals surface area contributed by atoms with Crippen LogP contribution in [0.2, 0.25) is 0 Å². The summed E-state index contributed by atoms with van der Waals surface area (Å²) in [7, 11) is 0. The molecule has 2 rings (SSSR count). The van der Waals surface area contributed by atoms with Crippen molar-refractivity contribution >= 4 is 12.4 Å². The minimum atomic E-state index is -4.48. The van der Waals surface area contributed by atoms with Gasteiger partial charge in [0.25, 0.3) is 0 Å². The number of alkyl halides is 3. The summed E-state index contributed by atoms with van der Waals surface area (Å²) in [6.07, 6.45) is -2.85. The molecule has 1 aromatic carbocycles. The van der Waals surface area contributed by atoms with E-state index in [9.17, 15) is 17.6 Å². The van der Waals surface area contributed by atoms with E-state index >= 15 is 0 Å². The molecule has 1 aliphatic rings. The summed E-state index contributed by atoms with van der Waals surface area (Å²) >= 11 is 0. The van der Waals surface area contributed by atoms with Crippen molar-refractivity contribution in [3.63, 3.8) is 0 Å². The van der Waals surface area contributed by atoms with Crippen LogP contribution in [0.15, 0.2) is 18.2 Å². The van der Waals surface area contributed by atoms with Crippen molar-refractivity contribution in [1.82, 2.24) is 0 Å². The number of hydrogen-bond acceptors (Lipinski definition) is 1. The molecule has 96 valence electrons. The Kier molecular flexibility index (Phi) is 4.04. The summed E-state index contributed by atoms with van der Waals surface area (Å²) in [4.78, 5) is 0. The van der Waals surface area contributed by atoms with Gasteiger partial charge in [-0.25, -0.2) is 4.39 Å². The molecule has 6 heteroatoms. The molecule has 1 fully saturated rings. The molecule has 0 aliphatic heterocycles. The van der Waals surface area contributed by atoms with E-state index in [4.69, 9.17) is 5.73 Å². The minimum Gasteiger partial charge on any atom is -0.324 e. The predicted octanol–water partition coefficient (Wildman–Crippen LogP) is 3.68. The lowest BCUT2D eigenvalue weighted by atomic mass is 9.97. The first kappa shape index (κ1) is 14.3. The second kappa shape index (κ2) is 4.82. The maximum Gasteiger partial charge on any atom is 0.416 e. The van der Waals surface area contributed by atoms with Crippen LogP contribution in [0.1, 0.15) is 30.0 Å². The lowest BCUT2D eigenvalue weighted by Crippen LogP contribution is -2.19. The van der Waals surface area contributed by atoms with Gasteiger partial charge in [-0.1, -0.05) is 0 Å². The highest BCUT2D eigenvalue weighted by Crippen LogP contribution is 2.43. The van der Waals surface area contributed by atoms with Gasteiger partial charge in [-0.15, -0.1) is 12.4 Å². The Hall–Kier alpha value is -0.810. The fourth-order valence-corrected chi connectivity index (χ4v) is 1.78.